The molecule has 0 spiro atoms. The van der Waals surface area contributed by atoms with Crippen LogP contribution in [0.3, 0.4) is 0 Å². The molecule has 6 heteroatoms. The van der Waals surface area contributed by atoms with Crippen LogP contribution in [0.5, 0.6) is 0 Å². The van der Waals surface area contributed by atoms with Gasteiger partial charge in [-0.05, 0) is 41.7 Å². The molecule has 0 fully saturated rings. The van der Waals surface area contributed by atoms with E-state index in [1.807, 2.05) is 17.5 Å². The Morgan fingerprint density at radius 1 is 1.17 bits per heavy atom. The van der Waals surface area contributed by atoms with Crippen LogP contribution in [0.15, 0.2) is 58.5 Å². The van der Waals surface area contributed by atoms with Crippen LogP contribution in [0, 0.1) is 0 Å². The summed E-state index contributed by atoms with van der Waals surface area (Å²) in [4.78, 5) is 25.0. The molecule has 0 aliphatic rings. The first-order valence-corrected chi connectivity index (χ1v) is 10.6. The van der Waals surface area contributed by atoms with Crippen LogP contribution in [-0.2, 0) is 14.9 Å². The van der Waals surface area contributed by atoms with Crippen molar-refractivity contribution in [2.45, 2.75) is 33.1 Å². The van der Waals surface area contributed by atoms with Crippen molar-refractivity contribution in [3.05, 3.63) is 71.0 Å². The van der Waals surface area contributed by atoms with E-state index >= 15 is 0 Å². The largest absolute Gasteiger partial charge is 0.465 e. The molecule has 3 aromatic rings. The van der Waals surface area contributed by atoms with Crippen molar-refractivity contribution < 1.29 is 18.7 Å². The van der Waals surface area contributed by atoms with Crippen LogP contribution >= 0.6 is 11.3 Å². The number of carbonyl (C=O) groups excluding carboxylic acids is 2. The topological polar surface area (TPSA) is 68.5 Å². The Morgan fingerprint density at radius 3 is 2.50 bits per heavy atom. The first kappa shape index (κ1) is 21.6. The van der Waals surface area contributed by atoms with E-state index in [2.05, 4.69) is 38.2 Å². The minimum absolute atomic E-state index is 0.0383. The van der Waals surface area contributed by atoms with Gasteiger partial charge in [-0.2, -0.15) is 0 Å². The second-order valence-electron chi connectivity index (χ2n) is 7.74. The Hall–Kier alpha value is -3.12. The fourth-order valence-electron chi connectivity index (χ4n) is 2.92. The number of esters is 1. The van der Waals surface area contributed by atoms with Crippen molar-refractivity contribution in [1.82, 2.24) is 0 Å². The number of benzene rings is 1. The molecule has 1 N–H and O–H groups in total. The Balaban J connectivity index is 1.90. The van der Waals surface area contributed by atoms with Gasteiger partial charge in [-0.3, -0.25) is 4.79 Å². The molecule has 1 aromatic carbocycles. The van der Waals surface area contributed by atoms with Crippen molar-refractivity contribution in [2.24, 2.45) is 0 Å². The second-order valence-corrected chi connectivity index (χ2v) is 8.62. The van der Waals surface area contributed by atoms with Crippen LogP contribution < -0.4 is 5.32 Å². The fourth-order valence-corrected chi connectivity index (χ4v) is 3.88. The number of hydrogen-bond acceptors (Lipinski definition) is 5. The normalized spacial score (nSPS) is 11.6. The Bertz CT molecular complexity index is 1040. The van der Waals surface area contributed by atoms with E-state index in [1.54, 1.807) is 25.1 Å². The van der Waals surface area contributed by atoms with Crippen LogP contribution in [-0.4, -0.2) is 18.5 Å². The maximum absolute atomic E-state index is 12.7. The lowest BCUT2D eigenvalue weighted by Gasteiger charge is -2.19. The lowest BCUT2D eigenvalue weighted by molar-refractivity contribution is -0.111. The number of amides is 1. The van der Waals surface area contributed by atoms with Gasteiger partial charge in [0.15, 0.2) is 0 Å². The molecule has 1 amide bonds. The molecule has 3 rings (SSSR count). The molecule has 30 heavy (non-hydrogen) atoms. The van der Waals surface area contributed by atoms with Gasteiger partial charge in [0, 0.05) is 17.0 Å². The monoisotopic (exact) mass is 423 g/mol. The van der Waals surface area contributed by atoms with Crippen molar-refractivity contribution in [2.75, 3.05) is 11.9 Å². The third-order valence-electron chi connectivity index (χ3n) is 4.51. The van der Waals surface area contributed by atoms with Gasteiger partial charge in [0.25, 0.3) is 0 Å². The molecule has 5 nitrogen and oxygen atoms in total. The standard InChI is InChI=1S/C24H25NO4S/c1-5-28-23(27)21-19(16-8-10-17(11-9-16)24(2,3)4)15-30-22(21)25-20(26)13-12-18-7-6-14-29-18/h6-15H,5H2,1-4H3,(H,25,26)/b13-12+. The van der Waals surface area contributed by atoms with Crippen molar-refractivity contribution in [3.8, 4) is 11.1 Å². The lowest BCUT2D eigenvalue weighted by atomic mass is 9.86. The summed E-state index contributed by atoms with van der Waals surface area (Å²) in [6, 6.07) is 11.6. The lowest BCUT2D eigenvalue weighted by Crippen LogP contribution is -2.12. The Morgan fingerprint density at radius 2 is 1.90 bits per heavy atom. The third-order valence-corrected chi connectivity index (χ3v) is 5.41. The van der Waals surface area contributed by atoms with E-state index in [0.29, 0.717) is 16.3 Å². The number of anilines is 1. The molecule has 156 valence electrons. The summed E-state index contributed by atoms with van der Waals surface area (Å²) < 4.78 is 10.4. The molecule has 0 aliphatic heterocycles. The third kappa shape index (κ3) is 5.07. The second kappa shape index (κ2) is 9.13. The van der Waals surface area contributed by atoms with Crippen LogP contribution in [0.4, 0.5) is 5.00 Å². The predicted molar refractivity (Wildman–Crippen MR) is 121 cm³/mol. The van der Waals surface area contributed by atoms with Gasteiger partial charge < -0.3 is 14.5 Å². The maximum atomic E-state index is 12.7. The summed E-state index contributed by atoms with van der Waals surface area (Å²) in [7, 11) is 0. The Labute approximate surface area is 180 Å². The highest BCUT2D eigenvalue weighted by Crippen LogP contribution is 2.37. The minimum atomic E-state index is -0.459. The molecule has 0 atom stereocenters. The highest BCUT2D eigenvalue weighted by atomic mass is 32.1. The van der Waals surface area contributed by atoms with Gasteiger partial charge in [0.2, 0.25) is 5.91 Å². The van der Waals surface area contributed by atoms with E-state index < -0.39 is 5.97 Å². The maximum Gasteiger partial charge on any atom is 0.341 e. The SMILES string of the molecule is CCOC(=O)c1c(-c2ccc(C(C)(C)C)cc2)csc1NC(=O)/C=C/c1ccco1. The zero-order chi connectivity index (χ0) is 21.7. The van der Waals surface area contributed by atoms with Gasteiger partial charge in [-0.25, -0.2) is 4.79 Å². The average molecular weight is 424 g/mol. The molecule has 0 saturated carbocycles. The van der Waals surface area contributed by atoms with Crippen molar-refractivity contribution in [3.63, 3.8) is 0 Å². The van der Waals surface area contributed by atoms with Gasteiger partial charge in [-0.1, -0.05) is 45.0 Å². The van der Waals surface area contributed by atoms with Gasteiger partial charge in [0.05, 0.1) is 12.9 Å². The quantitative estimate of drug-likeness (QED) is 0.382. The fraction of sp³-hybridized carbons (Fsp3) is 0.250. The summed E-state index contributed by atoms with van der Waals surface area (Å²) in [6.07, 6.45) is 4.47. The highest BCUT2D eigenvalue weighted by molar-refractivity contribution is 7.15. The molecule has 0 unspecified atom stereocenters. The summed E-state index contributed by atoms with van der Waals surface area (Å²) in [6.45, 7) is 8.47. The number of hydrogen-bond donors (Lipinski definition) is 1. The van der Waals surface area contributed by atoms with E-state index in [-0.39, 0.29) is 17.9 Å². The summed E-state index contributed by atoms with van der Waals surface area (Å²) >= 11 is 1.30. The zero-order valence-electron chi connectivity index (χ0n) is 17.5. The van der Waals surface area contributed by atoms with Crippen LogP contribution in [0.1, 0.15) is 49.4 Å². The number of ether oxygens (including phenoxy) is 1. The number of thiophene rings is 1. The highest BCUT2D eigenvalue weighted by Gasteiger charge is 2.23. The minimum Gasteiger partial charge on any atom is -0.465 e. The Kier molecular flexibility index (Phi) is 6.57. The molecule has 0 bridgehead atoms. The average Bonchev–Trinajstić information content (AvgIpc) is 3.36. The number of carbonyl (C=O) groups is 2. The first-order valence-electron chi connectivity index (χ1n) is 9.71. The zero-order valence-corrected chi connectivity index (χ0v) is 18.3. The predicted octanol–water partition coefficient (Wildman–Crippen LogP) is 6.13. The van der Waals surface area contributed by atoms with E-state index in [4.69, 9.17) is 9.15 Å². The molecular weight excluding hydrogens is 398 g/mol. The number of furan rings is 1. The van der Waals surface area contributed by atoms with E-state index in [1.165, 1.54) is 29.2 Å². The first-order chi connectivity index (χ1) is 14.3. The molecule has 2 aromatic heterocycles. The van der Waals surface area contributed by atoms with Crippen LogP contribution in [0.25, 0.3) is 17.2 Å². The summed E-state index contributed by atoms with van der Waals surface area (Å²) in [5.74, 6) is -0.242. The van der Waals surface area contributed by atoms with Crippen molar-refractivity contribution >= 4 is 34.3 Å². The molecule has 0 aliphatic carbocycles. The number of nitrogens with one attached hydrogen (secondary N) is 1. The molecule has 0 radical (unpaired) electrons. The van der Waals surface area contributed by atoms with Gasteiger partial charge in [0.1, 0.15) is 16.3 Å². The van der Waals surface area contributed by atoms with Crippen molar-refractivity contribution in [1.29, 1.82) is 0 Å². The van der Waals surface area contributed by atoms with E-state index in [9.17, 15) is 9.59 Å². The molecule has 0 saturated heterocycles. The summed E-state index contributed by atoms with van der Waals surface area (Å²) in [5, 5.41) is 5.11. The smallest absolute Gasteiger partial charge is 0.341 e. The van der Waals surface area contributed by atoms with Crippen LogP contribution in [0.2, 0.25) is 0 Å². The molecule has 2 heterocycles. The molecular formula is C24H25NO4S. The van der Waals surface area contributed by atoms with Gasteiger partial charge >= 0.3 is 5.97 Å². The number of rotatable bonds is 6. The van der Waals surface area contributed by atoms with E-state index in [0.717, 1.165) is 11.1 Å². The van der Waals surface area contributed by atoms with Gasteiger partial charge in [-0.15, -0.1) is 11.3 Å². The summed E-state index contributed by atoms with van der Waals surface area (Å²) in [5.41, 5.74) is 3.25.